The van der Waals surface area contributed by atoms with Crippen LogP contribution in [-0.2, 0) is 0 Å². The van der Waals surface area contributed by atoms with Crippen LogP contribution in [0.1, 0.15) is 10.4 Å². The molecule has 2 heterocycles. The van der Waals surface area contributed by atoms with Crippen LogP contribution in [-0.4, -0.2) is 42.1 Å². The van der Waals surface area contributed by atoms with Crippen LogP contribution in [0.5, 0.6) is 0 Å². The van der Waals surface area contributed by atoms with Gasteiger partial charge in [-0.25, -0.2) is 9.97 Å². The molecule has 1 aliphatic rings. The lowest BCUT2D eigenvalue weighted by Gasteiger charge is -2.36. The zero-order chi connectivity index (χ0) is 19.3. The van der Waals surface area contributed by atoms with E-state index in [1.165, 1.54) is 12.0 Å². The van der Waals surface area contributed by atoms with E-state index in [0.29, 0.717) is 16.4 Å². The molecule has 3 aromatic rings. The summed E-state index contributed by atoms with van der Waals surface area (Å²) >= 11 is 5.96. The van der Waals surface area contributed by atoms with Crippen molar-refractivity contribution in [1.29, 1.82) is 0 Å². The summed E-state index contributed by atoms with van der Waals surface area (Å²) < 4.78 is 0. The topological polar surface area (TPSA) is 61.4 Å². The third-order valence-electron chi connectivity index (χ3n) is 4.71. The smallest absolute Gasteiger partial charge is 0.256 e. The van der Waals surface area contributed by atoms with Crippen LogP contribution >= 0.6 is 11.6 Å². The fourth-order valence-corrected chi connectivity index (χ4v) is 3.43. The summed E-state index contributed by atoms with van der Waals surface area (Å²) in [7, 11) is 0. The summed E-state index contributed by atoms with van der Waals surface area (Å²) in [5.74, 6) is 1.03. The zero-order valence-electron chi connectivity index (χ0n) is 15.3. The number of piperazine rings is 1. The number of aromatic nitrogens is 2. The Hall–Kier alpha value is -3.12. The zero-order valence-corrected chi connectivity index (χ0v) is 16.0. The number of hydrogen-bond donors (Lipinski definition) is 1. The van der Waals surface area contributed by atoms with Crippen molar-refractivity contribution in [2.45, 2.75) is 0 Å². The van der Waals surface area contributed by atoms with Gasteiger partial charge in [-0.1, -0.05) is 35.9 Å². The highest BCUT2D eigenvalue weighted by atomic mass is 35.5. The molecule has 1 aromatic heterocycles. The van der Waals surface area contributed by atoms with Gasteiger partial charge in [0.05, 0.1) is 0 Å². The molecule has 4 rings (SSSR count). The normalized spacial score (nSPS) is 14.0. The molecule has 1 N–H and O–H groups in total. The van der Waals surface area contributed by atoms with Crippen LogP contribution < -0.4 is 15.1 Å². The molecule has 0 atom stereocenters. The van der Waals surface area contributed by atoms with E-state index < -0.39 is 0 Å². The van der Waals surface area contributed by atoms with Gasteiger partial charge in [-0.15, -0.1) is 0 Å². The standard InChI is InChI=1S/C21H20ClN5O/c22-17-6-4-5-16(13-17)21(28)25-19-14-20(24-15-23-19)27-11-9-26(10-12-27)18-7-2-1-3-8-18/h1-8,13-15H,9-12H2,(H,23,24,25,28). The van der Waals surface area contributed by atoms with Crippen molar-refractivity contribution in [3.8, 4) is 0 Å². The Morgan fingerprint density at radius 1 is 0.893 bits per heavy atom. The van der Waals surface area contributed by atoms with Gasteiger partial charge >= 0.3 is 0 Å². The predicted molar refractivity (Wildman–Crippen MR) is 112 cm³/mol. The lowest BCUT2D eigenvalue weighted by atomic mass is 10.2. The van der Waals surface area contributed by atoms with E-state index in [0.717, 1.165) is 32.0 Å². The van der Waals surface area contributed by atoms with E-state index in [9.17, 15) is 4.79 Å². The average Bonchev–Trinajstić information content (AvgIpc) is 2.75. The van der Waals surface area contributed by atoms with E-state index in [2.05, 4.69) is 49.4 Å². The van der Waals surface area contributed by atoms with E-state index in [-0.39, 0.29) is 5.91 Å². The van der Waals surface area contributed by atoms with Crippen LogP contribution in [0.4, 0.5) is 17.3 Å². The number of benzene rings is 2. The molecule has 1 saturated heterocycles. The minimum absolute atomic E-state index is 0.249. The number of nitrogens with one attached hydrogen (secondary N) is 1. The Labute approximate surface area is 168 Å². The van der Waals surface area contributed by atoms with Gasteiger partial charge in [0.2, 0.25) is 0 Å². The van der Waals surface area contributed by atoms with E-state index in [1.54, 1.807) is 30.3 Å². The maximum atomic E-state index is 12.4. The van der Waals surface area contributed by atoms with Crippen molar-refractivity contribution in [2.24, 2.45) is 0 Å². The molecule has 28 heavy (non-hydrogen) atoms. The Bertz CT molecular complexity index is 958. The number of hydrogen-bond acceptors (Lipinski definition) is 5. The minimum Gasteiger partial charge on any atom is -0.368 e. The molecule has 142 valence electrons. The fraction of sp³-hybridized carbons (Fsp3) is 0.190. The number of anilines is 3. The Morgan fingerprint density at radius 2 is 1.64 bits per heavy atom. The molecule has 0 aliphatic carbocycles. The summed E-state index contributed by atoms with van der Waals surface area (Å²) in [5.41, 5.74) is 1.73. The maximum Gasteiger partial charge on any atom is 0.256 e. The van der Waals surface area contributed by atoms with Crippen molar-refractivity contribution in [1.82, 2.24) is 9.97 Å². The number of nitrogens with zero attached hydrogens (tertiary/aromatic N) is 4. The largest absolute Gasteiger partial charge is 0.368 e. The molecule has 0 radical (unpaired) electrons. The first kappa shape index (κ1) is 18.3. The average molecular weight is 394 g/mol. The number of carbonyl (C=O) groups excluding carboxylic acids is 1. The lowest BCUT2D eigenvalue weighted by molar-refractivity contribution is 0.102. The molecule has 6 nitrogen and oxygen atoms in total. The third kappa shape index (κ3) is 4.23. The van der Waals surface area contributed by atoms with Crippen molar-refractivity contribution in [2.75, 3.05) is 41.3 Å². The molecule has 0 unspecified atom stereocenters. The molecule has 2 aromatic carbocycles. The Balaban J connectivity index is 1.41. The van der Waals surface area contributed by atoms with E-state index in [1.807, 2.05) is 6.07 Å². The third-order valence-corrected chi connectivity index (χ3v) is 4.94. The van der Waals surface area contributed by atoms with Crippen LogP contribution in [0.3, 0.4) is 0 Å². The molecule has 1 fully saturated rings. The van der Waals surface area contributed by atoms with E-state index in [4.69, 9.17) is 11.6 Å². The quantitative estimate of drug-likeness (QED) is 0.732. The van der Waals surface area contributed by atoms with Crippen molar-refractivity contribution >= 4 is 34.8 Å². The monoisotopic (exact) mass is 393 g/mol. The number of carbonyl (C=O) groups is 1. The van der Waals surface area contributed by atoms with Gasteiger partial charge in [0.25, 0.3) is 5.91 Å². The van der Waals surface area contributed by atoms with E-state index >= 15 is 0 Å². The first-order valence-corrected chi connectivity index (χ1v) is 9.51. The highest BCUT2D eigenvalue weighted by Crippen LogP contribution is 2.20. The van der Waals surface area contributed by atoms with Gasteiger partial charge in [0.15, 0.2) is 0 Å². The van der Waals surface area contributed by atoms with Gasteiger partial charge in [0, 0.05) is 48.5 Å². The molecule has 0 saturated carbocycles. The highest BCUT2D eigenvalue weighted by Gasteiger charge is 2.19. The first-order chi connectivity index (χ1) is 13.7. The number of rotatable bonds is 4. The Morgan fingerprint density at radius 3 is 2.39 bits per heavy atom. The second-order valence-corrected chi connectivity index (χ2v) is 6.97. The fourth-order valence-electron chi connectivity index (χ4n) is 3.24. The second kappa shape index (κ2) is 8.27. The summed E-state index contributed by atoms with van der Waals surface area (Å²) in [6.45, 7) is 3.54. The minimum atomic E-state index is -0.249. The molecule has 0 bridgehead atoms. The molecule has 1 aliphatic heterocycles. The van der Waals surface area contributed by atoms with Gasteiger partial charge in [-0.2, -0.15) is 0 Å². The summed E-state index contributed by atoms with van der Waals surface area (Å²) in [6.07, 6.45) is 1.48. The molecule has 7 heteroatoms. The molecular formula is C21H20ClN5O. The maximum absolute atomic E-state index is 12.4. The number of para-hydroxylation sites is 1. The van der Waals surface area contributed by atoms with Crippen molar-refractivity contribution in [3.05, 3.63) is 77.6 Å². The van der Waals surface area contributed by atoms with Crippen molar-refractivity contribution in [3.63, 3.8) is 0 Å². The first-order valence-electron chi connectivity index (χ1n) is 9.13. The summed E-state index contributed by atoms with van der Waals surface area (Å²) in [5, 5.41) is 3.33. The number of amides is 1. The molecule has 0 spiro atoms. The SMILES string of the molecule is O=C(Nc1cc(N2CCN(c3ccccc3)CC2)ncn1)c1cccc(Cl)c1. The van der Waals surface area contributed by atoms with Gasteiger partial charge in [0.1, 0.15) is 18.0 Å². The van der Waals surface area contributed by atoms with Crippen LogP contribution in [0.15, 0.2) is 67.0 Å². The van der Waals surface area contributed by atoms with Gasteiger partial charge < -0.3 is 15.1 Å². The highest BCUT2D eigenvalue weighted by molar-refractivity contribution is 6.31. The molecular weight excluding hydrogens is 374 g/mol. The van der Waals surface area contributed by atoms with Crippen LogP contribution in [0, 0.1) is 0 Å². The molecule has 1 amide bonds. The van der Waals surface area contributed by atoms with Gasteiger partial charge in [-0.3, -0.25) is 4.79 Å². The summed E-state index contributed by atoms with van der Waals surface area (Å²) in [4.78, 5) is 25.5. The summed E-state index contributed by atoms with van der Waals surface area (Å²) in [6, 6.07) is 19.0. The number of halogens is 1. The lowest BCUT2D eigenvalue weighted by Crippen LogP contribution is -2.46. The predicted octanol–water partition coefficient (Wildman–Crippen LogP) is 3.71. The second-order valence-electron chi connectivity index (χ2n) is 6.54. The van der Waals surface area contributed by atoms with Gasteiger partial charge in [-0.05, 0) is 30.3 Å². The van der Waals surface area contributed by atoms with Crippen LogP contribution in [0.2, 0.25) is 5.02 Å². The Kier molecular flexibility index (Phi) is 5.39. The van der Waals surface area contributed by atoms with Crippen LogP contribution in [0.25, 0.3) is 0 Å². The van der Waals surface area contributed by atoms with Crippen molar-refractivity contribution < 1.29 is 4.79 Å².